The fourth-order valence-corrected chi connectivity index (χ4v) is 2.89. The summed E-state index contributed by atoms with van der Waals surface area (Å²) >= 11 is 0. The van der Waals surface area contributed by atoms with Gasteiger partial charge in [0.05, 0.1) is 5.56 Å². The first-order valence-electron chi connectivity index (χ1n) is 7.06. The smallest absolute Gasteiger partial charge is 0.398 e. The molecule has 0 aromatic heterocycles. The number of halogens is 3. The third kappa shape index (κ3) is 3.58. The van der Waals surface area contributed by atoms with Crippen LogP contribution in [0.25, 0.3) is 0 Å². The van der Waals surface area contributed by atoms with E-state index in [-0.39, 0.29) is 5.69 Å². The lowest BCUT2D eigenvalue weighted by Crippen LogP contribution is -2.27. The second kappa shape index (κ2) is 5.94. The standard InChI is InChI=1S/C15H21F3N2/c1-20(10-11-5-3-2-4-6-11)12-7-8-14(19)13(9-12)15(16,17)18/h7-9,11H,2-6,10,19H2,1H3. The summed E-state index contributed by atoms with van der Waals surface area (Å²) in [6.07, 6.45) is 1.69. The molecule has 1 fully saturated rings. The van der Waals surface area contributed by atoms with Crippen molar-refractivity contribution in [1.82, 2.24) is 0 Å². The van der Waals surface area contributed by atoms with Crippen LogP contribution in [0.3, 0.4) is 0 Å². The van der Waals surface area contributed by atoms with Crippen LogP contribution in [0.4, 0.5) is 24.5 Å². The summed E-state index contributed by atoms with van der Waals surface area (Å²) in [5.74, 6) is 0.584. The van der Waals surface area contributed by atoms with E-state index in [2.05, 4.69) is 0 Å². The molecule has 0 atom stereocenters. The molecule has 5 heteroatoms. The number of alkyl halides is 3. The Morgan fingerprint density at radius 1 is 1.20 bits per heavy atom. The molecule has 1 saturated carbocycles. The number of rotatable bonds is 3. The molecule has 0 heterocycles. The van der Waals surface area contributed by atoms with Crippen LogP contribution >= 0.6 is 0 Å². The Labute approximate surface area is 117 Å². The molecule has 2 N–H and O–H groups in total. The maximum absolute atomic E-state index is 12.9. The average Bonchev–Trinajstić information content (AvgIpc) is 2.39. The first-order chi connectivity index (χ1) is 9.38. The minimum Gasteiger partial charge on any atom is -0.398 e. The maximum Gasteiger partial charge on any atom is 0.418 e. The van der Waals surface area contributed by atoms with E-state index in [9.17, 15) is 13.2 Å². The van der Waals surface area contributed by atoms with Crippen LogP contribution in [0.15, 0.2) is 18.2 Å². The maximum atomic E-state index is 12.9. The fourth-order valence-electron chi connectivity index (χ4n) is 2.89. The van der Waals surface area contributed by atoms with Crippen molar-refractivity contribution in [2.45, 2.75) is 38.3 Å². The molecule has 0 radical (unpaired) electrons. The number of hydrogen-bond acceptors (Lipinski definition) is 2. The van der Waals surface area contributed by atoms with Gasteiger partial charge in [0.25, 0.3) is 0 Å². The monoisotopic (exact) mass is 286 g/mol. The summed E-state index contributed by atoms with van der Waals surface area (Å²) in [6, 6.07) is 4.15. The highest BCUT2D eigenvalue weighted by atomic mass is 19.4. The van der Waals surface area contributed by atoms with Crippen molar-refractivity contribution >= 4 is 11.4 Å². The minimum absolute atomic E-state index is 0.215. The number of benzene rings is 1. The highest BCUT2D eigenvalue weighted by Gasteiger charge is 2.33. The molecule has 1 aliphatic rings. The van der Waals surface area contributed by atoms with E-state index < -0.39 is 11.7 Å². The van der Waals surface area contributed by atoms with Gasteiger partial charge < -0.3 is 10.6 Å². The van der Waals surface area contributed by atoms with Gasteiger partial charge in [-0.15, -0.1) is 0 Å². The Bertz CT molecular complexity index is 451. The van der Waals surface area contributed by atoms with Crippen LogP contribution in [0.2, 0.25) is 0 Å². The molecular weight excluding hydrogens is 265 g/mol. The molecule has 1 aliphatic carbocycles. The van der Waals surface area contributed by atoms with Crippen LogP contribution in [-0.4, -0.2) is 13.6 Å². The molecule has 1 aromatic rings. The molecule has 0 spiro atoms. The molecule has 0 bridgehead atoms. The van der Waals surface area contributed by atoms with Gasteiger partial charge in [0.15, 0.2) is 0 Å². The predicted octanol–water partition coefficient (Wildman–Crippen LogP) is 4.30. The van der Waals surface area contributed by atoms with E-state index in [4.69, 9.17) is 5.73 Å². The summed E-state index contributed by atoms with van der Waals surface area (Å²) in [7, 11) is 1.85. The van der Waals surface area contributed by atoms with E-state index in [0.717, 1.165) is 12.6 Å². The van der Waals surface area contributed by atoms with Crippen LogP contribution in [0.5, 0.6) is 0 Å². The predicted molar refractivity (Wildman–Crippen MR) is 75.7 cm³/mol. The molecule has 20 heavy (non-hydrogen) atoms. The van der Waals surface area contributed by atoms with Gasteiger partial charge in [0, 0.05) is 25.0 Å². The number of anilines is 2. The molecule has 0 unspecified atom stereocenters. The second-order valence-corrected chi connectivity index (χ2v) is 5.65. The molecule has 112 valence electrons. The highest BCUT2D eigenvalue weighted by molar-refractivity contribution is 5.59. The van der Waals surface area contributed by atoms with Crippen molar-refractivity contribution in [3.05, 3.63) is 23.8 Å². The summed E-state index contributed by atoms with van der Waals surface area (Å²) < 4.78 is 38.6. The Kier molecular flexibility index (Phi) is 4.45. The molecule has 2 rings (SSSR count). The number of nitrogens with zero attached hydrogens (tertiary/aromatic N) is 1. The highest BCUT2D eigenvalue weighted by Crippen LogP contribution is 2.36. The van der Waals surface area contributed by atoms with Gasteiger partial charge in [-0.3, -0.25) is 0 Å². The normalized spacial score (nSPS) is 17.2. The van der Waals surface area contributed by atoms with E-state index in [1.54, 1.807) is 6.07 Å². The van der Waals surface area contributed by atoms with E-state index >= 15 is 0 Å². The second-order valence-electron chi connectivity index (χ2n) is 5.65. The van der Waals surface area contributed by atoms with E-state index in [1.807, 2.05) is 11.9 Å². The van der Waals surface area contributed by atoms with Gasteiger partial charge in [0.1, 0.15) is 0 Å². The van der Waals surface area contributed by atoms with E-state index in [0.29, 0.717) is 11.6 Å². The van der Waals surface area contributed by atoms with E-state index in [1.165, 1.54) is 38.2 Å². The SMILES string of the molecule is CN(CC1CCCCC1)c1ccc(N)c(C(F)(F)F)c1. The summed E-state index contributed by atoms with van der Waals surface area (Å²) in [6.45, 7) is 0.807. The zero-order chi connectivity index (χ0) is 14.8. The summed E-state index contributed by atoms with van der Waals surface area (Å²) in [4.78, 5) is 1.91. The molecule has 0 amide bonds. The van der Waals surface area contributed by atoms with Crippen LogP contribution in [0.1, 0.15) is 37.7 Å². The van der Waals surface area contributed by atoms with Crippen molar-refractivity contribution in [3.8, 4) is 0 Å². The molecule has 0 saturated heterocycles. The van der Waals surface area contributed by atoms with Crippen LogP contribution in [-0.2, 0) is 6.18 Å². The van der Waals surface area contributed by atoms with Crippen molar-refractivity contribution in [2.24, 2.45) is 5.92 Å². The van der Waals surface area contributed by atoms with Crippen LogP contribution < -0.4 is 10.6 Å². The van der Waals surface area contributed by atoms with Gasteiger partial charge in [-0.25, -0.2) is 0 Å². The average molecular weight is 286 g/mol. The van der Waals surface area contributed by atoms with Gasteiger partial charge in [-0.05, 0) is 37.0 Å². The zero-order valence-electron chi connectivity index (χ0n) is 11.7. The molecular formula is C15H21F3N2. The van der Waals surface area contributed by atoms with Crippen molar-refractivity contribution in [2.75, 3.05) is 24.2 Å². The van der Waals surface area contributed by atoms with Gasteiger partial charge in [-0.1, -0.05) is 19.3 Å². The summed E-state index contributed by atoms with van der Waals surface area (Å²) in [5, 5.41) is 0. The Morgan fingerprint density at radius 3 is 2.45 bits per heavy atom. The van der Waals surface area contributed by atoms with Crippen LogP contribution in [0, 0.1) is 5.92 Å². The third-order valence-corrected chi connectivity index (χ3v) is 4.04. The third-order valence-electron chi connectivity index (χ3n) is 4.04. The lowest BCUT2D eigenvalue weighted by atomic mass is 9.89. The minimum atomic E-state index is -4.40. The number of hydrogen-bond donors (Lipinski definition) is 1. The molecule has 0 aliphatic heterocycles. The number of nitrogens with two attached hydrogens (primary N) is 1. The lowest BCUT2D eigenvalue weighted by molar-refractivity contribution is -0.136. The summed E-state index contributed by atoms with van der Waals surface area (Å²) in [5.41, 5.74) is 5.04. The molecule has 1 aromatic carbocycles. The lowest BCUT2D eigenvalue weighted by Gasteiger charge is -2.29. The Balaban J connectivity index is 2.11. The zero-order valence-corrected chi connectivity index (χ0v) is 11.7. The van der Waals surface area contributed by atoms with Gasteiger partial charge in [0.2, 0.25) is 0 Å². The Morgan fingerprint density at radius 2 is 1.85 bits per heavy atom. The van der Waals surface area contributed by atoms with Gasteiger partial charge >= 0.3 is 6.18 Å². The van der Waals surface area contributed by atoms with Crippen molar-refractivity contribution in [1.29, 1.82) is 0 Å². The fraction of sp³-hybridized carbons (Fsp3) is 0.600. The largest absolute Gasteiger partial charge is 0.418 e. The molecule has 2 nitrogen and oxygen atoms in total. The first kappa shape index (κ1) is 15.0. The van der Waals surface area contributed by atoms with Gasteiger partial charge in [-0.2, -0.15) is 13.2 Å². The van der Waals surface area contributed by atoms with Crippen molar-refractivity contribution in [3.63, 3.8) is 0 Å². The topological polar surface area (TPSA) is 29.3 Å². The number of nitrogen functional groups attached to an aromatic ring is 1. The quantitative estimate of drug-likeness (QED) is 0.839. The first-order valence-corrected chi connectivity index (χ1v) is 7.06. The Hall–Kier alpha value is -1.39. The van der Waals surface area contributed by atoms with Crippen molar-refractivity contribution < 1.29 is 13.2 Å².